The van der Waals surface area contributed by atoms with Crippen molar-refractivity contribution < 1.29 is 69.0 Å². The van der Waals surface area contributed by atoms with E-state index in [9.17, 15) is 40.5 Å². The summed E-state index contributed by atoms with van der Waals surface area (Å²) in [4.78, 5) is 12.0. The zero-order chi connectivity index (χ0) is 38.1. The van der Waals surface area contributed by atoms with Crippen molar-refractivity contribution in [1.29, 1.82) is 0 Å². The number of esters is 1. The standard InChI is InChI=1S/C38H64O14/c1-3-5-6-7-8-9-10-11-12-13-14-15-16-17-18-19-20-21-22-47-24-27(50-30(40)4-2)25-48-37-36(46)34(44)32(42)29(52-37)26-49-38-35(45)33(43)31(41)28(23-39)51-38/h5-6,8-9,11-12,14-15,27-29,31-39,41-46H,3-4,7,10,13,16-26H2,1-2H3/b6-5-,9-8-,12-11-,15-14-. The van der Waals surface area contributed by atoms with Crippen molar-refractivity contribution in [3.8, 4) is 0 Å². The van der Waals surface area contributed by atoms with Crippen LogP contribution in [0.3, 0.4) is 0 Å². The molecular formula is C38H64O14. The van der Waals surface area contributed by atoms with E-state index in [-0.39, 0.29) is 19.6 Å². The van der Waals surface area contributed by atoms with Gasteiger partial charge in [0.25, 0.3) is 0 Å². The van der Waals surface area contributed by atoms with Gasteiger partial charge in [-0.15, -0.1) is 0 Å². The summed E-state index contributed by atoms with van der Waals surface area (Å²) in [6.45, 7) is 2.89. The lowest BCUT2D eigenvalue weighted by atomic mass is 9.98. The van der Waals surface area contributed by atoms with Gasteiger partial charge in [-0.1, -0.05) is 81.7 Å². The summed E-state index contributed by atoms with van der Waals surface area (Å²) in [7, 11) is 0. The molecule has 0 aromatic rings. The van der Waals surface area contributed by atoms with Crippen LogP contribution in [-0.2, 0) is 33.2 Å². The van der Waals surface area contributed by atoms with Crippen LogP contribution in [0, 0.1) is 0 Å². The van der Waals surface area contributed by atoms with E-state index in [2.05, 4.69) is 55.5 Å². The molecular weight excluding hydrogens is 680 g/mol. The maximum atomic E-state index is 12.0. The summed E-state index contributed by atoms with van der Waals surface area (Å²) in [6, 6.07) is 0. The van der Waals surface area contributed by atoms with Crippen molar-refractivity contribution in [2.45, 2.75) is 152 Å². The Morgan fingerprint density at radius 1 is 0.635 bits per heavy atom. The first-order valence-corrected chi connectivity index (χ1v) is 18.7. The van der Waals surface area contributed by atoms with Gasteiger partial charge >= 0.3 is 5.97 Å². The van der Waals surface area contributed by atoms with E-state index in [0.717, 1.165) is 64.2 Å². The Morgan fingerprint density at radius 2 is 1.17 bits per heavy atom. The van der Waals surface area contributed by atoms with Gasteiger partial charge in [0.15, 0.2) is 12.6 Å². The second-order valence-corrected chi connectivity index (χ2v) is 13.0. The fourth-order valence-corrected chi connectivity index (χ4v) is 5.48. The highest BCUT2D eigenvalue weighted by molar-refractivity contribution is 5.69. The lowest BCUT2D eigenvalue weighted by Gasteiger charge is -2.42. The first-order chi connectivity index (χ1) is 25.1. The zero-order valence-electron chi connectivity index (χ0n) is 30.8. The number of hydrogen-bond acceptors (Lipinski definition) is 14. The molecule has 11 unspecified atom stereocenters. The van der Waals surface area contributed by atoms with Gasteiger partial charge in [-0.25, -0.2) is 0 Å². The Morgan fingerprint density at radius 3 is 1.79 bits per heavy atom. The second-order valence-electron chi connectivity index (χ2n) is 13.0. The molecule has 0 saturated carbocycles. The fraction of sp³-hybridized carbons (Fsp3) is 0.763. The molecule has 11 atom stereocenters. The summed E-state index contributed by atoms with van der Waals surface area (Å²) >= 11 is 0. The van der Waals surface area contributed by atoms with Crippen LogP contribution in [0.1, 0.15) is 84.5 Å². The molecule has 0 bridgehead atoms. The molecule has 7 N–H and O–H groups in total. The number of allylic oxidation sites excluding steroid dienone is 8. The van der Waals surface area contributed by atoms with Crippen LogP contribution in [0.15, 0.2) is 48.6 Å². The first-order valence-electron chi connectivity index (χ1n) is 18.7. The van der Waals surface area contributed by atoms with Crippen LogP contribution in [0.2, 0.25) is 0 Å². The lowest BCUT2D eigenvalue weighted by molar-refractivity contribution is -0.332. The summed E-state index contributed by atoms with van der Waals surface area (Å²) < 4.78 is 33.2. The van der Waals surface area contributed by atoms with Crippen molar-refractivity contribution in [3.05, 3.63) is 48.6 Å². The van der Waals surface area contributed by atoms with Crippen molar-refractivity contribution in [3.63, 3.8) is 0 Å². The third-order valence-electron chi connectivity index (χ3n) is 8.66. The Bertz CT molecular complexity index is 1050. The van der Waals surface area contributed by atoms with E-state index in [1.54, 1.807) is 6.92 Å². The Balaban J connectivity index is 1.67. The van der Waals surface area contributed by atoms with Crippen molar-refractivity contribution in [2.24, 2.45) is 0 Å². The average Bonchev–Trinajstić information content (AvgIpc) is 3.14. The van der Waals surface area contributed by atoms with E-state index >= 15 is 0 Å². The number of rotatable bonds is 26. The summed E-state index contributed by atoms with van der Waals surface area (Å²) in [5.41, 5.74) is 0. The minimum absolute atomic E-state index is 0.0369. The SMILES string of the molecule is CC/C=C\C/C=C\C/C=C\C/C=C\CCCCCCCOCC(COC1OC(COC2OC(CO)C(O)C(O)C2O)C(O)C(O)C1O)OC(=O)CC. The maximum Gasteiger partial charge on any atom is 0.305 e. The van der Waals surface area contributed by atoms with E-state index in [1.807, 2.05) is 0 Å². The van der Waals surface area contributed by atoms with Gasteiger partial charge in [-0.05, 0) is 44.9 Å². The summed E-state index contributed by atoms with van der Waals surface area (Å²) in [5.74, 6) is -0.475. The van der Waals surface area contributed by atoms with E-state index in [1.165, 1.54) is 0 Å². The maximum absolute atomic E-state index is 12.0. The number of hydrogen-bond donors (Lipinski definition) is 7. The molecule has 0 amide bonds. The van der Waals surface area contributed by atoms with Gasteiger partial charge in [0.1, 0.15) is 54.9 Å². The first kappa shape index (κ1) is 46.1. The molecule has 52 heavy (non-hydrogen) atoms. The normalized spacial score (nSPS) is 30.6. The number of carbonyl (C=O) groups is 1. The van der Waals surface area contributed by atoms with Gasteiger partial charge < -0.3 is 64.2 Å². The number of aliphatic hydroxyl groups excluding tert-OH is 7. The number of carbonyl (C=O) groups excluding carboxylic acids is 1. The van der Waals surface area contributed by atoms with Crippen LogP contribution in [0.25, 0.3) is 0 Å². The van der Waals surface area contributed by atoms with Crippen LogP contribution in [-0.4, -0.2) is 142 Å². The van der Waals surface area contributed by atoms with Crippen molar-refractivity contribution in [2.75, 3.05) is 33.0 Å². The van der Waals surface area contributed by atoms with Gasteiger partial charge in [0, 0.05) is 13.0 Å². The van der Waals surface area contributed by atoms with E-state index in [0.29, 0.717) is 6.61 Å². The average molecular weight is 745 g/mol. The molecule has 0 spiro atoms. The van der Waals surface area contributed by atoms with E-state index < -0.39 is 86.7 Å². The molecule has 2 heterocycles. The van der Waals surface area contributed by atoms with Crippen molar-refractivity contribution >= 4 is 5.97 Å². The smallest absolute Gasteiger partial charge is 0.305 e. The minimum atomic E-state index is -1.70. The van der Waals surface area contributed by atoms with Gasteiger partial charge in [0.2, 0.25) is 0 Å². The molecule has 2 aliphatic rings. The fourth-order valence-electron chi connectivity index (χ4n) is 5.48. The minimum Gasteiger partial charge on any atom is -0.457 e. The molecule has 2 fully saturated rings. The van der Waals surface area contributed by atoms with Crippen LogP contribution < -0.4 is 0 Å². The Labute approximate surface area is 308 Å². The highest BCUT2D eigenvalue weighted by atomic mass is 16.7. The lowest BCUT2D eigenvalue weighted by Crippen LogP contribution is -2.61. The third kappa shape index (κ3) is 17.4. The molecule has 300 valence electrons. The van der Waals surface area contributed by atoms with Gasteiger partial charge in [-0.2, -0.15) is 0 Å². The number of aliphatic hydroxyl groups is 7. The number of unbranched alkanes of at least 4 members (excludes halogenated alkanes) is 5. The Hall–Kier alpha value is -2.05. The van der Waals surface area contributed by atoms with Gasteiger partial charge in [0.05, 0.1) is 26.4 Å². The molecule has 14 heteroatoms. The zero-order valence-corrected chi connectivity index (χ0v) is 30.8. The molecule has 0 radical (unpaired) electrons. The quantitative estimate of drug-likeness (QED) is 0.0384. The van der Waals surface area contributed by atoms with E-state index in [4.69, 9.17) is 28.4 Å². The topological polar surface area (TPSA) is 214 Å². The summed E-state index contributed by atoms with van der Waals surface area (Å²) in [5, 5.41) is 71.0. The molecule has 2 aliphatic heterocycles. The predicted octanol–water partition coefficient (Wildman–Crippen LogP) is 2.11. The Kier molecular flexibility index (Phi) is 24.4. The predicted molar refractivity (Wildman–Crippen MR) is 192 cm³/mol. The van der Waals surface area contributed by atoms with Crippen LogP contribution >= 0.6 is 0 Å². The number of ether oxygens (including phenoxy) is 6. The molecule has 0 aromatic heterocycles. The molecule has 0 aromatic carbocycles. The van der Waals surface area contributed by atoms with Crippen LogP contribution in [0.4, 0.5) is 0 Å². The highest BCUT2D eigenvalue weighted by Gasteiger charge is 2.47. The highest BCUT2D eigenvalue weighted by Crippen LogP contribution is 2.26. The van der Waals surface area contributed by atoms with Crippen molar-refractivity contribution in [1.82, 2.24) is 0 Å². The summed E-state index contributed by atoms with van der Waals surface area (Å²) in [6.07, 6.45) is 11.7. The largest absolute Gasteiger partial charge is 0.457 e. The third-order valence-corrected chi connectivity index (χ3v) is 8.66. The molecule has 2 rings (SSSR count). The molecule has 0 aliphatic carbocycles. The van der Waals surface area contributed by atoms with Crippen LogP contribution in [0.5, 0.6) is 0 Å². The van der Waals surface area contributed by atoms with Gasteiger partial charge in [-0.3, -0.25) is 4.79 Å². The molecule has 14 nitrogen and oxygen atoms in total. The monoisotopic (exact) mass is 744 g/mol. The molecule has 2 saturated heterocycles. The second kappa shape index (κ2) is 27.5.